The highest BCUT2D eigenvalue weighted by molar-refractivity contribution is 7.89. The molecular formula is C15H21N3O6S. The van der Waals surface area contributed by atoms with Gasteiger partial charge in [0, 0.05) is 12.1 Å². The zero-order chi connectivity index (χ0) is 18.0. The zero-order valence-corrected chi connectivity index (χ0v) is 14.5. The second-order valence-electron chi connectivity index (χ2n) is 6.30. The first-order valence-electron chi connectivity index (χ1n) is 8.14. The molecule has 0 amide bonds. The van der Waals surface area contributed by atoms with Crippen LogP contribution in [0.2, 0.25) is 0 Å². The second kappa shape index (κ2) is 7.24. The third-order valence-electron chi connectivity index (χ3n) is 4.64. The van der Waals surface area contributed by atoms with E-state index < -0.39 is 20.6 Å². The summed E-state index contributed by atoms with van der Waals surface area (Å²) < 4.78 is 34.4. The third kappa shape index (κ3) is 3.92. The number of likely N-dealkylation sites (tertiary alicyclic amines) is 1. The number of rotatable bonds is 6. The number of benzene rings is 1. The van der Waals surface area contributed by atoms with Gasteiger partial charge >= 0.3 is 5.69 Å². The molecule has 1 aromatic rings. The van der Waals surface area contributed by atoms with E-state index in [1.165, 1.54) is 18.2 Å². The number of primary sulfonamides is 1. The maximum Gasteiger partial charge on any atom is 0.312 e. The van der Waals surface area contributed by atoms with Gasteiger partial charge in [0.15, 0.2) is 0 Å². The van der Waals surface area contributed by atoms with Crippen LogP contribution in [-0.4, -0.2) is 56.7 Å². The fraction of sp³-hybridized carbons (Fsp3) is 0.600. The Morgan fingerprint density at radius 1 is 1.36 bits per heavy atom. The van der Waals surface area contributed by atoms with Crippen molar-refractivity contribution in [2.45, 2.75) is 36.2 Å². The molecule has 1 unspecified atom stereocenters. The van der Waals surface area contributed by atoms with E-state index in [-0.39, 0.29) is 23.3 Å². The zero-order valence-electron chi connectivity index (χ0n) is 13.7. The van der Waals surface area contributed by atoms with E-state index in [0.29, 0.717) is 19.3 Å². The number of nitro benzene ring substituents is 1. The molecule has 2 aliphatic heterocycles. The quantitative estimate of drug-likeness (QED) is 0.581. The topological polar surface area (TPSA) is 125 Å². The molecule has 0 spiro atoms. The summed E-state index contributed by atoms with van der Waals surface area (Å²) in [6.07, 6.45) is 3.01. The molecule has 2 saturated heterocycles. The van der Waals surface area contributed by atoms with Crippen molar-refractivity contribution in [1.29, 1.82) is 0 Å². The number of sulfonamides is 1. The van der Waals surface area contributed by atoms with Crippen molar-refractivity contribution in [2.75, 3.05) is 26.4 Å². The number of piperidine rings is 1. The molecule has 1 aromatic carbocycles. The first-order chi connectivity index (χ1) is 11.9. The van der Waals surface area contributed by atoms with Gasteiger partial charge in [-0.05, 0) is 25.5 Å². The predicted molar refractivity (Wildman–Crippen MR) is 88.9 cm³/mol. The summed E-state index contributed by atoms with van der Waals surface area (Å²) in [4.78, 5) is 12.5. The van der Waals surface area contributed by atoms with E-state index in [0.717, 1.165) is 25.8 Å². The van der Waals surface area contributed by atoms with E-state index in [4.69, 9.17) is 14.6 Å². The molecular weight excluding hydrogens is 350 g/mol. The third-order valence-corrected chi connectivity index (χ3v) is 5.58. The minimum atomic E-state index is -4.13. The summed E-state index contributed by atoms with van der Waals surface area (Å²) in [7, 11) is -4.13. The number of nitro groups is 1. The molecule has 0 bridgehead atoms. The van der Waals surface area contributed by atoms with Crippen molar-refractivity contribution in [1.82, 2.24) is 4.90 Å². The lowest BCUT2D eigenvalue weighted by atomic mass is 9.99. The van der Waals surface area contributed by atoms with Crippen molar-refractivity contribution in [3.05, 3.63) is 28.3 Å². The summed E-state index contributed by atoms with van der Waals surface area (Å²) in [5.41, 5.74) is -0.402. The number of hydrogen-bond acceptors (Lipinski definition) is 7. The second-order valence-corrected chi connectivity index (χ2v) is 7.83. The van der Waals surface area contributed by atoms with E-state index >= 15 is 0 Å². The van der Waals surface area contributed by atoms with E-state index in [2.05, 4.69) is 4.90 Å². The van der Waals surface area contributed by atoms with Gasteiger partial charge in [0.05, 0.1) is 24.2 Å². The summed E-state index contributed by atoms with van der Waals surface area (Å²) >= 11 is 0. The fourth-order valence-corrected chi connectivity index (χ4v) is 3.98. The lowest BCUT2D eigenvalue weighted by Crippen LogP contribution is -2.56. The van der Waals surface area contributed by atoms with Crippen molar-refractivity contribution < 1.29 is 22.8 Å². The summed E-state index contributed by atoms with van der Waals surface area (Å²) in [5, 5.41) is 16.4. The molecule has 0 saturated carbocycles. The van der Waals surface area contributed by atoms with Gasteiger partial charge in [-0.15, -0.1) is 0 Å². The number of ether oxygens (including phenoxy) is 2. The number of para-hydroxylation sites is 1. The summed E-state index contributed by atoms with van der Waals surface area (Å²) in [5.74, 6) is -0.287. The van der Waals surface area contributed by atoms with Crippen LogP contribution < -0.4 is 9.88 Å². The van der Waals surface area contributed by atoms with Gasteiger partial charge in [-0.2, -0.15) is 0 Å². The van der Waals surface area contributed by atoms with Gasteiger partial charge in [0.2, 0.25) is 15.8 Å². The van der Waals surface area contributed by atoms with Crippen molar-refractivity contribution >= 4 is 15.7 Å². The maximum absolute atomic E-state index is 11.8. The molecule has 9 nitrogen and oxygen atoms in total. The SMILES string of the molecule is NS(=O)(=O)c1cccc([N+](=O)[O-])c1OCC1CCCCN1C1COC1. The highest BCUT2D eigenvalue weighted by atomic mass is 32.2. The average Bonchev–Trinajstić information content (AvgIpc) is 2.51. The minimum absolute atomic E-state index is 0.0655. The van der Waals surface area contributed by atoms with E-state index in [1.54, 1.807) is 0 Å². The van der Waals surface area contributed by atoms with Crippen LogP contribution in [0.1, 0.15) is 19.3 Å². The predicted octanol–water partition coefficient (Wildman–Crippen LogP) is 0.874. The molecule has 2 N–H and O–H groups in total. The smallest absolute Gasteiger partial charge is 0.312 e. The summed E-state index contributed by atoms with van der Waals surface area (Å²) in [6.45, 7) is 2.43. The van der Waals surface area contributed by atoms with Gasteiger partial charge in [0.1, 0.15) is 11.5 Å². The normalized spacial score (nSPS) is 22.4. The molecule has 10 heteroatoms. The largest absolute Gasteiger partial charge is 0.484 e. The minimum Gasteiger partial charge on any atom is -0.484 e. The van der Waals surface area contributed by atoms with Gasteiger partial charge in [0.25, 0.3) is 0 Å². The molecule has 3 rings (SSSR count). The molecule has 2 heterocycles. The van der Waals surface area contributed by atoms with Crippen molar-refractivity contribution in [3.63, 3.8) is 0 Å². The molecule has 0 radical (unpaired) electrons. The Morgan fingerprint density at radius 2 is 2.12 bits per heavy atom. The number of hydrogen-bond donors (Lipinski definition) is 1. The van der Waals surface area contributed by atoms with E-state index in [1.807, 2.05) is 0 Å². The molecule has 25 heavy (non-hydrogen) atoms. The van der Waals surface area contributed by atoms with Crippen LogP contribution in [-0.2, 0) is 14.8 Å². The Balaban J connectivity index is 1.82. The van der Waals surface area contributed by atoms with Gasteiger partial charge in [-0.3, -0.25) is 15.0 Å². The first-order valence-corrected chi connectivity index (χ1v) is 9.69. The molecule has 0 aliphatic carbocycles. The van der Waals surface area contributed by atoms with Crippen molar-refractivity contribution in [3.8, 4) is 5.75 Å². The average molecular weight is 371 g/mol. The van der Waals surface area contributed by atoms with Crippen LogP contribution in [0.4, 0.5) is 5.69 Å². The van der Waals surface area contributed by atoms with Crippen LogP contribution in [0.3, 0.4) is 0 Å². The Labute approximate surface area is 145 Å². The fourth-order valence-electron chi connectivity index (χ4n) is 3.29. The van der Waals surface area contributed by atoms with Gasteiger partial charge in [-0.1, -0.05) is 12.5 Å². The highest BCUT2D eigenvalue weighted by Crippen LogP contribution is 2.34. The first kappa shape index (κ1) is 18.1. The van der Waals surface area contributed by atoms with Crippen LogP contribution in [0.15, 0.2) is 23.1 Å². The maximum atomic E-state index is 11.8. The standard InChI is InChI=1S/C15H21N3O6S/c16-25(21,22)14-6-3-5-13(18(19)20)15(14)24-10-11-4-1-2-7-17(11)12-8-23-9-12/h3,5-6,11-12H,1-2,4,7-10H2,(H2,16,21,22). The molecule has 2 fully saturated rings. The van der Waals surface area contributed by atoms with Crippen LogP contribution >= 0.6 is 0 Å². The lowest BCUT2D eigenvalue weighted by Gasteiger charge is -2.44. The van der Waals surface area contributed by atoms with Gasteiger partial charge in [-0.25, -0.2) is 13.6 Å². The molecule has 1 atom stereocenters. The Morgan fingerprint density at radius 3 is 2.72 bits per heavy atom. The van der Waals surface area contributed by atoms with E-state index in [9.17, 15) is 18.5 Å². The number of nitrogens with zero attached hydrogens (tertiary/aromatic N) is 2. The van der Waals surface area contributed by atoms with Crippen LogP contribution in [0, 0.1) is 10.1 Å². The number of nitrogens with two attached hydrogens (primary N) is 1. The summed E-state index contributed by atoms with van der Waals surface area (Å²) in [6, 6.07) is 4.11. The van der Waals surface area contributed by atoms with Crippen molar-refractivity contribution in [2.24, 2.45) is 5.14 Å². The highest BCUT2D eigenvalue weighted by Gasteiger charge is 2.34. The molecule has 138 valence electrons. The Bertz CT molecular complexity index is 750. The Kier molecular flexibility index (Phi) is 5.23. The lowest BCUT2D eigenvalue weighted by molar-refractivity contribution is -0.386. The van der Waals surface area contributed by atoms with Gasteiger partial charge < -0.3 is 9.47 Å². The molecule has 2 aliphatic rings. The Hall–Kier alpha value is -1.75. The van der Waals surface area contributed by atoms with Crippen LogP contribution in [0.5, 0.6) is 5.75 Å². The monoisotopic (exact) mass is 371 g/mol. The van der Waals surface area contributed by atoms with Crippen LogP contribution in [0.25, 0.3) is 0 Å². The molecule has 0 aromatic heterocycles.